The summed E-state index contributed by atoms with van der Waals surface area (Å²) < 4.78 is 0.450. The van der Waals surface area contributed by atoms with Crippen LogP contribution in [0.2, 0.25) is 0 Å². The molecule has 0 aromatic carbocycles. The minimum Gasteiger partial charge on any atom is -0.740 e. The molecule has 0 aliphatic heterocycles. The number of nitrogens with two attached hydrogens (primary N) is 3. The van der Waals surface area contributed by atoms with Gasteiger partial charge in [0.05, 0.1) is 6.54 Å². The maximum absolute atomic E-state index is 11.7. The Bertz CT molecular complexity index is 527. The second-order valence-corrected chi connectivity index (χ2v) is 4.38. The van der Waals surface area contributed by atoms with Crippen LogP contribution >= 0.6 is 11.3 Å². The molecular formula is C9H12N6OS. The minimum absolute atomic E-state index is 0.0308. The van der Waals surface area contributed by atoms with Gasteiger partial charge in [0.25, 0.3) is 11.6 Å². The molecule has 2 aromatic heterocycles. The zero-order chi connectivity index (χ0) is 12.4. The van der Waals surface area contributed by atoms with Crippen LogP contribution in [0.15, 0.2) is 17.5 Å². The highest BCUT2D eigenvalue weighted by atomic mass is 32.1. The van der Waals surface area contributed by atoms with E-state index in [1.807, 2.05) is 17.5 Å². The standard InChI is InChI=1S/C9H12N6OS/c10-6-8(12)15(16)9(7(11)14-6)13-4-5-2-1-3-17-5/h1-3,13H,4,12H2,(H4,10,11,14). The minimum atomic E-state index is -0.159. The molecule has 2 heterocycles. The molecule has 0 saturated heterocycles. The van der Waals surface area contributed by atoms with Crippen LogP contribution in [0.3, 0.4) is 0 Å². The summed E-state index contributed by atoms with van der Waals surface area (Å²) in [5.74, 6) is -0.0830. The average molecular weight is 252 g/mol. The van der Waals surface area contributed by atoms with Crippen LogP contribution in [0.1, 0.15) is 4.88 Å². The Kier molecular flexibility index (Phi) is 2.88. The van der Waals surface area contributed by atoms with Crippen LogP contribution in [-0.4, -0.2) is 4.98 Å². The van der Waals surface area contributed by atoms with Crippen molar-refractivity contribution in [2.45, 2.75) is 6.54 Å². The maximum atomic E-state index is 11.7. The van der Waals surface area contributed by atoms with Crippen LogP contribution in [0.25, 0.3) is 0 Å². The van der Waals surface area contributed by atoms with E-state index >= 15 is 0 Å². The Labute approximate surface area is 101 Å². The molecule has 0 saturated carbocycles. The number of nitrogens with zero attached hydrogens (tertiary/aromatic N) is 2. The summed E-state index contributed by atoms with van der Waals surface area (Å²) in [4.78, 5) is 4.85. The summed E-state index contributed by atoms with van der Waals surface area (Å²) in [5.41, 5.74) is 16.5. The SMILES string of the molecule is Nc1nc(N)c(NCc2cccs2)[n+]([O-])c1N. The number of aromatic nitrogens is 2. The quantitative estimate of drug-likeness (QED) is 0.454. The highest BCUT2D eigenvalue weighted by Crippen LogP contribution is 2.18. The van der Waals surface area contributed by atoms with E-state index in [2.05, 4.69) is 10.3 Å². The fraction of sp³-hybridized carbons (Fsp3) is 0.111. The molecule has 7 N–H and O–H groups in total. The van der Waals surface area contributed by atoms with Crippen molar-refractivity contribution in [2.75, 3.05) is 22.5 Å². The number of hydrogen-bond donors (Lipinski definition) is 4. The lowest BCUT2D eigenvalue weighted by Crippen LogP contribution is -2.37. The summed E-state index contributed by atoms with van der Waals surface area (Å²) in [6.07, 6.45) is 0. The van der Waals surface area contributed by atoms with E-state index in [9.17, 15) is 5.21 Å². The second kappa shape index (κ2) is 4.34. The Morgan fingerprint density at radius 1 is 1.35 bits per heavy atom. The van der Waals surface area contributed by atoms with Crippen molar-refractivity contribution < 1.29 is 4.73 Å². The van der Waals surface area contributed by atoms with Gasteiger partial charge in [0.15, 0.2) is 11.6 Å². The molecule has 0 radical (unpaired) electrons. The zero-order valence-electron chi connectivity index (χ0n) is 8.88. The summed E-state index contributed by atoms with van der Waals surface area (Å²) in [5, 5.41) is 16.5. The first kappa shape index (κ1) is 11.3. The lowest BCUT2D eigenvalue weighted by atomic mass is 10.4. The molecule has 0 unspecified atom stereocenters. The fourth-order valence-corrected chi connectivity index (χ4v) is 1.96. The molecule has 0 aliphatic rings. The monoisotopic (exact) mass is 252 g/mol. The van der Waals surface area contributed by atoms with Crippen molar-refractivity contribution in [3.8, 4) is 0 Å². The third-order valence-corrected chi connectivity index (χ3v) is 3.05. The smallest absolute Gasteiger partial charge is 0.265 e. The molecule has 8 heteroatoms. The Morgan fingerprint density at radius 2 is 2.12 bits per heavy atom. The number of nitrogens with one attached hydrogen (secondary N) is 1. The summed E-state index contributed by atoms with van der Waals surface area (Å²) in [7, 11) is 0. The molecule has 0 atom stereocenters. The predicted molar refractivity (Wildman–Crippen MR) is 68.1 cm³/mol. The van der Waals surface area contributed by atoms with Gasteiger partial charge >= 0.3 is 0 Å². The highest BCUT2D eigenvalue weighted by Gasteiger charge is 2.14. The van der Waals surface area contributed by atoms with Crippen LogP contribution in [-0.2, 0) is 6.54 Å². The number of nitrogen functional groups attached to an aromatic ring is 3. The largest absolute Gasteiger partial charge is 0.740 e. The van der Waals surface area contributed by atoms with E-state index in [-0.39, 0.29) is 23.3 Å². The molecule has 2 aromatic rings. The van der Waals surface area contributed by atoms with Gasteiger partial charge in [-0.2, -0.15) is 0 Å². The lowest BCUT2D eigenvalue weighted by molar-refractivity contribution is -0.573. The first-order valence-corrected chi connectivity index (χ1v) is 5.67. The molecule has 0 fully saturated rings. The number of anilines is 4. The molecule has 0 aliphatic carbocycles. The highest BCUT2D eigenvalue weighted by molar-refractivity contribution is 7.09. The van der Waals surface area contributed by atoms with Crippen LogP contribution < -0.4 is 27.2 Å². The van der Waals surface area contributed by atoms with Gasteiger partial charge in [0.2, 0.25) is 0 Å². The van der Waals surface area contributed by atoms with Gasteiger partial charge in [-0.15, -0.1) is 11.3 Å². The molecular weight excluding hydrogens is 240 g/mol. The predicted octanol–water partition coefficient (Wildman–Crippen LogP) is 0.135. The van der Waals surface area contributed by atoms with Gasteiger partial charge in [-0.1, -0.05) is 6.07 Å². The summed E-state index contributed by atoms with van der Waals surface area (Å²) in [6.45, 7) is 0.481. The van der Waals surface area contributed by atoms with Crippen LogP contribution in [0.4, 0.5) is 23.3 Å². The number of hydrogen-bond acceptors (Lipinski definition) is 7. The van der Waals surface area contributed by atoms with E-state index in [0.717, 1.165) is 4.88 Å². The van der Waals surface area contributed by atoms with Gasteiger partial charge in [0.1, 0.15) is 0 Å². The van der Waals surface area contributed by atoms with Gasteiger partial charge < -0.3 is 22.4 Å². The molecule has 0 amide bonds. The van der Waals surface area contributed by atoms with Crippen LogP contribution in [0.5, 0.6) is 0 Å². The Balaban J connectivity index is 2.24. The molecule has 2 rings (SSSR count). The van der Waals surface area contributed by atoms with E-state index in [1.165, 1.54) is 0 Å². The average Bonchev–Trinajstić information content (AvgIpc) is 2.79. The normalized spacial score (nSPS) is 10.4. The van der Waals surface area contributed by atoms with E-state index in [1.54, 1.807) is 11.3 Å². The van der Waals surface area contributed by atoms with Crippen molar-refractivity contribution in [3.05, 3.63) is 27.6 Å². The molecule has 0 bridgehead atoms. The van der Waals surface area contributed by atoms with Gasteiger partial charge in [-0.25, -0.2) is 9.71 Å². The van der Waals surface area contributed by atoms with Crippen molar-refractivity contribution in [2.24, 2.45) is 0 Å². The van der Waals surface area contributed by atoms with E-state index < -0.39 is 0 Å². The first-order chi connectivity index (χ1) is 8.09. The molecule has 0 spiro atoms. The van der Waals surface area contributed by atoms with Crippen molar-refractivity contribution in [1.82, 2.24) is 4.98 Å². The van der Waals surface area contributed by atoms with Crippen molar-refractivity contribution in [1.29, 1.82) is 0 Å². The molecule has 7 nitrogen and oxygen atoms in total. The van der Waals surface area contributed by atoms with Gasteiger partial charge in [-0.3, -0.25) is 5.32 Å². The van der Waals surface area contributed by atoms with Crippen LogP contribution in [0, 0.1) is 5.21 Å². The molecule has 90 valence electrons. The molecule has 17 heavy (non-hydrogen) atoms. The Morgan fingerprint density at radius 3 is 2.76 bits per heavy atom. The Hall–Kier alpha value is -2.22. The number of rotatable bonds is 3. The third kappa shape index (κ3) is 2.16. The van der Waals surface area contributed by atoms with E-state index in [0.29, 0.717) is 11.3 Å². The second-order valence-electron chi connectivity index (χ2n) is 3.34. The van der Waals surface area contributed by atoms with Gasteiger partial charge in [-0.05, 0) is 11.4 Å². The number of thiophene rings is 1. The lowest BCUT2D eigenvalue weighted by Gasteiger charge is -2.15. The maximum Gasteiger partial charge on any atom is 0.265 e. The van der Waals surface area contributed by atoms with Crippen molar-refractivity contribution in [3.63, 3.8) is 0 Å². The summed E-state index contributed by atoms with van der Waals surface area (Å²) >= 11 is 1.57. The van der Waals surface area contributed by atoms with Gasteiger partial charge in [0, 0.05) is 4.88 Å². The third-order valence-electron chi connectivity index (χ3n) is 2.18. The van der Waals surface area contributed by atoms with E-state index in [4.69, 9.17) is 17.2 Å². The fourth-order valence-electron chi connectivity index (χ4n) is 1.31. The first-order valence-electron chi connectivity index (χ1n) is 4.80. The summed E-state index contributed by atoms with van der Waals surface area (Å²) in [6, 6.07) is 3.86. The topological polar surface area (TPSA) is 130 Å². The van der Waals surface area contributed by atoms with Crippen molar-refractivity contribution >= 4 is 34.6 Å². The zero-order valence-corrected chi connectivity index (χ0v) is 9.70.